The number of hydrogen-bond donors (Lipinski definition) is 2. The molecule has 0 spiro atoms. The van der Waals surface area contributed by atoms with Crippen LogP contribution in [0.5, 0.6) is 0 Å². The maximum absolute atomic E-state index is 12.0. The Morgan fingerprint density at radius 2 is 2.00 bits per heavy atom. The molecule has 0 aromatic heterocycles. The summed E-state index contributed by atoms with van der Waals surface area (Å²) in [6.07, 6.45) is 1.33. The monoisotopic (exact) mass is 225 g/mol. The smallest absolute Gasteiger partial charge is 0.287 e. The highest BCUT2D eigenvalue weighted by Gasteiger charge is 2.51. The van der Waals surface area contributed by atoms with Crippen molar-refractivity contribution in [1.29, 1.82) is 5.41 Å². The first-order valence-corrected chi connectivity index (χ1v) is 5.59. The van der Waals surface area contributed by atoms with Crippen LogP contribution >= 0.6 is 0 Å². The van der Waals surface area contributed by atoms with Gasteiger partial charge in [-0.25, -0.2) is 4.79 Å². The molecule has 0 aromatic carbocycles. The van der Waals surface area contributed by atoms with E-state index in [9.17, 15) is 9.59 Å². The molecule has 0 aromatic rings. The minimum absolute atomic E-state index is 0.0422. The molecular formula is C11H19N3O2. The SMILES string of the molecule is CC[C@@H](C)[C@@]1(CC)C(=N)N(C)C(=O)NC1=O. The van der Waals surface area contributed by atoms with Crippen LogP contribution in [0.3, 0.4) is 0 Å². The third kappa shape index (κ3) is 1.50. The Morgan fingerprint density at radius 1 is 1.44 bits per heavy atom. The van der Waals surface area contributed by atoms with Crippen molar-refractivity contribution in [2.75, 3.05) is 7.05 Å². The normalized spacial score (nSPS) is 28.0. The average Bonchev–Trinajstić information content (AvgIpc) is 2.27. The number of carbonyl (C=O) groups excluding carboxylic acids is 2. The van der Waals surface area contributed by atoms with E-state index in [1.807, 2.05) is 20.8 Å². The van der Waals surface area contributed by atoms with Gasteiger partial charge in [0.05, 0.1) is 0 Å². The van der Waals surface area contributed by atoms with E-state index >= 15 is 0 Å². The van der Waals surface area contributed by atoms with Crippen molar-refractivity contribution in [3.05, 3.63) is 0 Å². The number of rotatable bonds is 3. The zero-order chi connectivity index (χ0) is 12.5. The Balaban J connectivity index is 3.21. The van der Waals surface area contributed by atoms with Gasteiger partial charge in [-0.2, -0.15) is 0 Å². The lowest BCUT2D eigenvalue weighted by molar-refractivity contribution is -0.130. The van der Waals surface area contributed by atoms with E-state index in [1.165, 1.54) is 11.9 Å². The number of nitrogens with zero attached hydrogens (tertiary/aromatic N) is 1. The second-order valence-electron chi connectivity index (χ2n) is 4.30. The summed E-state index contributed by atoms with van der Waals surface area (Å²) in [6, 6.07) is -0.512. The predicted molar refractivity (Wildman–Crippen MR) is 61.2 cm³/mol. The number of hydrogen-bond acceptors (Lipinski definition) is 3. The zero-order valence-electron chi connectivity index (χ0n) is 10.3. The van der Waals surface area contributed by atoms with Crippen molar-refractivity contribution in [3.8, 4) is 0 Å². The largest absolute Gasteiger partial charge is 0.329 e. The predicted octanol–water partition coefficient (Wildman–Crippen LogP) is 1.59. The van der Waals surface area contributed by atoms with Gasteiger partial charge in [-0.15, -0.1) is 0 Å². The molecule has 5 nitrogen and oxygen atoms in total. The number of carbonyl (C=O) groups is 2. The third-order valence-corrected chi connectivity index (χ3v) is 3.70. The molecule has 1 saturated heterocycles. The molecular weight excluding hydrogens is 206 g/mol. The Bertz CT molecular complexity index is 340. The van der Waals surface area contributed by atoms with Gasteiger partial charge < -0.3 is 0 Å². The topological polar surface area (TPSA) is 73.3 Å². The van der Waals surface area contributed by atoms with Gasteiger partial charge in [-0.05, 0) is 12.3 Å². The van der Waals surface area contributed by atoms with E-state index in [-0.39, 0.29) is 17.7 Å². The van der Waals surface area contributed by atoms with Gasteiger partial charge >= 0.3 is 6.03 Å². The van der Waals surface area contributed by atoms with Crippen LogP contribution in [0.15, 0.2) is 0 Å². The molecule has 1 fully saturated rings. The van der Waals surface area contributed by atoms with Gasteiger partial charge in [0.25, 0.3) is 0 Å². The lowest BCUT2D eigenvalue weighted by Crippen LogP contribution is -2.64. The van der Waals surface area contributed by atoms with Gasteiger partial charge in [0.15, 0.2) is 0 Å². The molecule has 3 amide bonds. The molecule has 0 unspecified atom stereocenters. The minimum atomic E-state index is -0.864. The number of nitrogens with one attached hydrogen (secondary N) is 2. The van der Waals surface area contributed by atoms with Crippen LogP contribution in [0.2, 0.25) is 0 Å². The first-order chi connectivity index (χ1) is 7.41. The van der Waals surface area contributed by atoms with Crippen LogP contribution in [0, 0.1) is 16.7 Å². The highest BCUT2D eigenvalue weighted by atomic mass is 16.2. The molecule has 2 N–H and O–H groups in total. The van der Waals surface area contributed by atoms with Crippen molar-refractivity contribution >= 4 is 17.8 Å². The molecule has 2 atom stereocenters. The van der Waals surface area contributed by atoms with Crippen LogP contribution in [-0.2, 0) is 4.79 Å². The lowest BCUT2D eigenvalue weighted by atomic mass is 9.70. The average molecular weight is 225 g/mol. The second-order valence-corrected chi connectivity index (χ2v) is 4.30. The number of amidine groups is 1. The Kier molecular flexibility index (Phi) is 3.35. The maximum atomic E-state index is 12.0. The summed E-state index contributed by atoms with van der Waals surface area (Å²) < 4.78 is 0. The van der Waals surface area contributed by atoms with E-state index in [2.05, 4.69) is 5.32 Å². The first-order valence-electron chi connectivity index (χ1n) is 5.59. The van der Waals surface area contributed by atoms with Crippen LogP contribution in [0.4, 0.5) is 4.79 Å². The summed E-state index contributed by atoms with van der Waals surface area (Å²) in [5.41, 5.74) is -0.864. The summed E-state index contributed by atoms with van der Waals surface area (Å²) in [7, 11) is 1.52. The lowest BCUT2D eigenvalue weighted by Gasteiger charge is -2.43. The summed E-state index contributed by atoms with van der Waals surface area (Å²) in [5.74, 6) is -0.184. The Labute approximate surface area is 95.7 Å². The van der Waals surface area contributed by atoms with E-state index in [4.69, 9.17) is 5.41 Å². The third-order valence-electron chi connectivity index (χ3n) is 3.70. The van der Waals surface area contributed by atoms with Crippen molar-refractivity contribution in [1.82, 2.24) is 10.2 Å². The molecule has 90 valence electrons. The summed E-state index contributed by atoms with van der Waals surface area (Å²) >= 11 is 0. The molecule has 5 heteroatoms. The summed E-state index contributed by atoms with van der Waals surface area (Å²) in [6.45, 7) is 5.81. The van der Waals surface area contributed by atoms with E-state index < -0.39 is 11.4 Å². The minimum Gasteiger partial charge on any atom is -0.287 e. The molecule has 0 radical (unpaired) electrons. The number of imide groups is 1. The van der Waals surface area contributed by atoms with Crippen molar-refractivity contribution in [2.24, 2.45) is 11.3 Å². The summed E-state index contributed by atoms with van der Waals surface area (Å²) in [5, 5.41) is 10.4. The molecule has 0 bridgehead atoms. The Hall–Kier alpha value is -1.39. The van der Waals surface area contributed by atoms with Gasteiger partial charge in [-0.1, -0.05) is 27.2 Å². The standard InChI is InChI=1S/C11H19N3O2/c1-5-7(3)11(6-2)8(12)14(4)10(16)13-9(11)15/h7,12H,5-6H2,1-4H3,(H,13,15,16)/t7-,11+/m1/s1. The highest BCUT2D eigenvalue weighted by Crippen LogP contribution is 2.38. The van der Waals surface area contributed by atoms with E-state index in [0.29, 0.717) is 6.42 Å². The van der Waals surface area contributed by atoms with Gasteiger partial charge in [0, 0.05) is 7.05 Å². The Morgan fingerprint density at radius 3 is 2.44 bits per heavy atom. The number of urea groups is 1. The van der Waals surface area contributed by atoms with E-state index in [1.54, 1.807) is 0 Å². The maximum Gasteiger partial charge on any atom is 0.329 e. The molecule has 16 heavy (non-hydrogen) atoms. The first kappa shape index (κ1) is 12.7. The molecule has 1 aliphatic heterocycles. The molecule has 0 saturated carbocycles. The van der Waals surface area contributed by atoms with Crippen molar-refractivity contribution < 1.29 is 9.59 Å². The number of amides is 3. The fraction of sp³-hybridized carbons (Fsp3) is 0.727. The summed E-state index contributed by atoms with van der Waals surface area (Å²) in [4.78, 5) is 24.6. The van der Waals surface area contributed by atoms with Gasteiger partial charge in [0.1, 0.15) is 11.3 Å². The second kappa shape index (κ2) is 4.23. The fourth-order valence-corrected chi connectivity index (χ4v) is 2.28. The van der Waals surface area contributed by atoms with Gasteiger partial charge in [-0.3, -0.25) is 20.4 Å². The highest BCUT2D eigenvalue weighted by molar-refractivity contribution is 6.20. The van der Waals surface area contributed by atoms with Crippen LogP contribution in [0.25, 0.3) is 0 Å². The van der Waals surface area contributed by atoms with Crippen molar-refractivity contribution in [2.45, 2.75) is 33.6 Å². The molecule has 1 rings (SSSR count). The zero-order valence-corrected chi connectivity index (χ0v) is 10.3. The molecule has 0 aliphatic carbocycles. The van der Waals surface area contributed by atoms with Crippen LogP contribution in [0.1, 0.15) is 33.6 Å². The molecule has 1 aliphatic rings. The van der Waals surface area contributed by atoms with Gasteiger partial charge in [0.2, 0.25) is 5.91 Å². The fourth-order valence-electron chi connectivity index (χ4n) is 2.28. The van der Waals surface area contributed by atoms with Crippen LogP contribution < -0.4 is 5.32 Å². The van der Waals surface area contributed by atoms with Crippen molar-refractivity contribution in [3.63, 3.8) is 0 Å². The quantitative estimate of drug-likeness (QED) is 0.765. The van der Waals surface area contributed by atoms with Crippen LogP contribution in [-0.4, -0.2) is 29.7 Å². The molecule has 1 heterocycles. The van der Waals surface area contributed by atoms with E-state index in [0.717, 1.165) is 6.42 Å².